The van der Waals surface area contributed by atoms with Crippen molar-refractivity contribution in [2.75, 3.05) is 13.2 Å². The Balaban J connectivity index is 4.59. The molecule has 0 fully saturated rings. The second-order valence-corrected chi connectivity index (χ2v) is 15.3. The summed E-state index contributed by atoms with van der Waals surface area (Å²) in [6.07, 6.45) is 71.4. The number of carbonyl (C=O) groups excluding carboxylic acids is 3. The van der Waals surface area contributed by atoms with E-state index in [9.17, 15) is 14.4 Å². The average Bonchev–Trinajstić information content (AvgIpc) is 3.28. The summed E-state index contributed by atoms with van der Waals surface area (Å²) in [6.45, 7) is 6.11. The van der Waals surface area contributed by atoms with Crippen molar-refractivity contribution in [2.45, 2.75) is 181 Å². The minimum atomic E-state index is -0.840. The number of carbonyl (C=O) groups is 3. The molecule has 0 aliphatic heterocycles. The fourth-order valence-electron chi connectivity index (χ4n) is 5.84. The topological polar surface area (TPSA) is 78.9 Å². The summed E-state index contributed by atoms with van der Waals surface area (Å²) in [4.78, 5) is 37.8. The first-order chi connectivity index (χ1) is 31.0. The van der Waals surface area contributed by atoms with Gasteiger partial charge in [-0.1, -0.05) is 199 Å². The molecule has 0 spiro atoms. The molecule has 1 unspecified atom stereocenters. The van der Waals surface area contributed by atoms with Crippen LogP contribution in [0.3, 0.4) is 0 Å². The standard InChI is InChI=1S/C57H86O6/c1-4-7-10-13-16-19-22-24-26-27-28-29-31-32-35-38-41-44-47-50-56(59)62-53-54(52-61-55(58)49-46-43-40-37-34-21-18-15-12-9-6-3)63-57(60)51-48-45-42-39-36-33-30-25-23-20-17-14-11-8-5-2/h7-12,14,16-21,23-24,26,28-29,32,35,37,40-41,44,54H,4-6,13,15,22,25,27,30-31,33-34,36,38-39,42-43,45-53H2,1-3H3/b10-7-,11-8-,12-9-,17-14-,19-16-,21-18-,23-20-,26-24-,29-28-,35-32-,40-37-,44-41-. The summed E-state index contributed by atoms with van der Waals surface area (Å²) in [6, 6.07) is 0. The zero-order chi connectivity index (χ0) is 45.8. The van der Waals surface area contributed by atoms with Gasteiger partial charge in [0.25, 0.3) is 0 Å². The second-order valence-electron chi connectivity index (χ2n) is 15.3. The minimum absolute atomic E-state index is 0.139. The summed E-state index contributed by atoms with van der Waals surface area (Å²) in [7, 11) is 0. The van der Waals surface area contributed by atoms with Gasteiger partial charge in [0, 0.05) is 19.3 Å². The summed E-state index contributed by atoms with van der Waals surface area (Å²) in [5, 5.41) is 0. The van der Waals surface area contributed by atoms with Gasteiger partial charge >= 0.3 is 17.9 Å². The molecule has 0 N–H and O–H groups in total. The maximum Gasteiger partial charge on any atom is 0.306 e. The van der Waals surface area contributed by atoms with E-state index in [1.165, 1.54) is 19.3 Å². The van der Waals surface area contributed by atoms with Crippen molar-refractivity contribution in [3.63, 3.8) is 0 Å². The van der Waals surface area contributed by atoms with Gasteiger partial charge in [-0.3, -0.25) is 14.4 Å². The lowest BCUT2D eigenvalue weighted by atomic mass is 10.1. The van der Waals surface area contributed by atoms with E-state index >= 15 is 0 Å². The highest BCUT2D eigenvalue weighted by atomic mass is 16.6. The van der Waals surface area contributed by atoms with Crippen LogP contribution in [0.4, 0.5) is 0 Å². The maximum absolute atomic E-state index is 12.8. The SMILES string of the molecule is CC\C=C/C=C\C=C/CCCCCCCCCC(=O)OC(COC(=O)CC/C=C\C/C=C\C/C=C\C/C=C\C/C=C\C/C=C\CC)COC(=O)CCC/C=C\C/C=C\C/C=C\CC. The Hall–Kier alpha value is -4.71. The van der Waals surface area contributed by atoms with Gasteiger partial charge in [-0.15, -0.1) is 0 Å². The fourth-order valence-corrected chi connectivity index (χ4v) is 5.84. The molecule has 0 aromatic carbocycles. The van der Waals surface area contributed by atoms with Gasteiger partial charge in [0.05, 0.1) is 0 Å². The Morgan fingerprint density at radius 3 is 1.19 bits per heavy atom. The molecule has 0 saturated heterocycles. The van der Waals surface area contributed by atoms with Crippen LogP contribution in [0.15, 0.2) is 146 Å². The Bertz CT molecular complexity index is 1460. The van der Waals surface area contributed by atoms with Gasteiger partial charge in [0.2, 0.25) is 0 Å². The van der Waals surface area contributed by atoms with Crippen molar-refractivity contribution in [3.8, 4) is 0 Å². The Kier molecular flexibility index (Phi) is 46.2. The van der Waals surface area contributed by atoms with Crippen LogP contribution in [0, 0.1) is 0 Å². The molecular weight excluding hydrogens is 781 g/mol. The molecule has 0 amide bonds. The van der Waals surface area contributed by atoms with E-state index in [0.29, 0.717) is 12.8 Å². The lowest BCUT2D eigenvalue weighted by Crippen LogP contribution is -2.30. The van der Waals surface area contributed by atoms with Gasteiger partial charge in [0.1, 0.15) is 13.2 Å². The molecular formula is C57H86O6. The molecule has 0 aliphatic carbocycles. The van der Waals surface area contributed by atoms with Gasteiger partial charge in [-0.25, -0.2) is 0 Å². The molecule has 6 heteroatoms. The van der Waals surface area contributed by atoms with E-state index in [1.54, 1.807) is 0 Å². The number of hydrogen-bond acceptors (Lipinski definition) is 6. The van der Waals surface area contributed by atoms with Crippen molar-refractivity contribution < 1.29 is 28.6 Å². The van der Waals surface area contributed by atoms with E-state index in [-0.39, 0.29) is 50.4 Å². The lowest BCUT2D eigenvalue weighted by molar-refractivity contribution is -0.166. The molecule has 63 heavy (non-hydrogen) atoms. The highest BCUT2D eigenvalue weighted by Gasteiger charge is 2.19. The van der Waals surface area contributed by atoms with Crippen LogP contribution in [-0.4, -0.2) is 37.2 Å². The highest BCUT2D eigenvalue weighted by Crippen LogP contribution is 2.12. The van der Waals surface area contributed by atoms with Crippen LogP contribution in [0.25, 0.3) is 0 Å². The third kappa shape index (κ3) is 48.2. The van der Waals surface area contributed by atoms with Crippen LogP contribution in [0.1, 0.15) is 175 Å². The summed E-state index contributed by atoms with van der Waals surface area (Å²) in [5.74, 6) is -1.10. The Labute approximate surface area is 385 Å². The monoisotopic (exact) mass is 867 g/mol. The molecule has 6 nitrogen and oxygen atoms in total. The number of allylic oxidation sites excluding steroid dienone is 24. The van der Waals surface area contributed by atoms with Crippen molar-refractivity contribution in [3.05, 3.63) is 146 Å². The van der Waals surface area contributed by atoms with E-state index in [4.69, 9.17) is 14.2 Å². The second kappa shape index (κ2) is 49.9. The van der Waals surface area contributed by atoms with Gasteiger partial charge in [0.15, 0.2) is 6.10 Å². The number of hydrogen-bond donors (Lipinski definition) is 0. The van der Waals surface area contributed by atoms with Crippen LogP contribution >= 0.6 is 0 Å². The van der Waals surface area contributed by atoms with Crippen molar-refractivity contribution in [1.82, 2.24) is 0 Å². The van der Waals surface area contributed by atoms with Crippen LogP contribution in [-0.2, 0) is 28.6 Å². The molecule has 0 heterocycles. The lowest BCUT2D eigenvalue weighted by Gasteiger charge is -2.18. The summed E-state index contributed by atoms with van der Waals surface area (Å²) in [5.41, 5.74) is 0. The first kappa shape index (κ1) is 58.3. The number of esters is 3. The number of unbranched alkanes of at least 4 members (excludes halogenated alkanes) is 8. The zero-order valence-electron chi connectivity index (χ0n) is 39.8. The molecule has 0 saturated carbocycles. The first-order valence-electron chi connectivity index (χ1n) is 24.4. The van der Waals surface area contributed by atoms with Crippen molar-refractivity contribution in [2.24, 2.45) is 0 Å². The predicted molar refractivity (Wildman–Crippen MR) is 269 cm³/mol. The third-order valence-electron chi connectivity index (χ3n) is 9.39. The largest absolute Gasteiger partial charge is 0.462 e. The quantitative estimate of drug-likeness (QED) is 0.0200. The molecule has 0 bridgehead atoms. The normalized spacial score (nSPS) is 13.4. The third-order valence-corrected chi connectivity index (χ3v) is 9.39. The van der Waals surface area contributed by atoms with Crippen LogP contribution in [0.2, 0.25) is 0 Å². The smallest absolute Gasteiger partial charge is 0.306 e. The highest BCUT2D eigenvalue weighted by molar-refractivity contribution is 5.71. The molecule has 0 radical (unpaired) electrons. The van der Waals surface area contributed by atoms with Crippen LogP contribution < -0.4 is 0 Å². The van der Waals surface area contributed by atoms with E-state index in [0.717, 1.165) is 103 Å². The maximum atomic E-state index is 12.8. The molecule has 0 aromatic rings. The van der Waals surface area contributed by atoms with Gasteiger partial charge < -0.3 is 14.2 Å². The van der Waals surface area contributed by atoms with E-state index in [1.807, 2.05) is 12.2 Å². The summed E-state index contributed by atoms with van der Waals surface area (Å²) < 4.78 is 16.6. The van der Waals surface area contributed by atoms with Crippen molar-refractivity contribution >= 4 is 17.9 Å². The molecule has 0 rings (SSSR count). The number of ether oxygens (including phenoxy) is 3. The Morgan fingerprint density at radius 1 is 0.333 bits per heavy atom. The molecule has 0 aromatic heterocycles. The van der Waals surface area contributed by atoms with Gasteiger partial charge in [-0.05, 0) is 103 Å². The first-order valence-corrected chi connectivity index (χ1v) is 24.4. The molecule has 0 aliphatic rings. The Morgan fingerprint density at radius 2 is 0.698 bits per heavy atom. The fraction of sp³-hybridized carbons (Fsp3) is 0.526. The van der Waals surface area contributed by atoms with E-state index < -0.39 is 6.10 Å². The molecule has 1 atom stereocenters. The predicted octanol–water partition coefficient (Wildman–Crippen LogP) is 16.1. The van der Waals surface area contributed by atoms with Gasteiger partial charge in [-0.2, -0.15) is 0 Å². The zero-order valence-corrected chi connectivity index (χ0v) is 39.8. The van der Waals surface area contributed by atoms with Crippen LogP contribution in [0.5, 0.6) is 0 Å². The molecule has 350 valence electrons. The summed E-state index contributed by atoms with van der Waals surface area (Å²) >= 11 is 0. The number of rotatable bonds is 41. The minimum Gasteiger partial charge on any atom is -0.462 e. The van der Waals surface area contributed by atoms with Crippen molar-refractivity contribution in [1.29, 1.82) is 0 Å². The van der Waals surface area contributed by atoms with E-state index in [2.05, 4.69) is 154 Å². The average molecular weight is 867 g/mol.